The molecule has 2 amide bonds. The van der Waals surface area contributed by atoms with E-state index in [2.05, 4.69) is 91.3 Å². The molecule has 3 saturated heterocycles. The molecule has 7 fully saturated rings. The second-order valence-electron chi connectivity index (χ2n) is 26.4. The van der Waals surface area contributed by atoms with Crippen molar-refractivity contribution in [2.45, 2.75) is 124 Å². The van der Waals surface area contributed by atoms with Crippen LogP contribution >= 0.6 is 0 Å². The van der Waals surface area contributed by atoms with Gasteiger partial charge in [0.25, 0.3) is 0 Å². The molecule has 0 radical (unpaired) electrons. The summed E-state index contributed by atoms with van der Waals surface area (Å²) in [4.78, 5) is 66.3. The number of rotatable bonds is 2. The third-order valence-electron chi connectivity index (χ3n) is 22.1. The van der Waals surface area contributed by atoms with Gasteiger partial charge in [-0.3, -0.25) is 19.2 Å². The number of benzene rings is 2. The number of nitrogens with one attached hydrogen (secondary N) is 2. The van der Waals surface area contributed by atoms with E-state index in [9.17, 15) is 5.11 Å². The Morgan fingerprint density at radius 2 is 1.17 bits per heavy atom. The Bertz CT molecular complexity index is 2780. The van der Waals surface area contributed by atoms with Gasteiger partial charge in [-0.1, -0.05) is 101 Å². The van der Waals surface area contributed by atoms with Crippen molar-refractivity contribution in [3.8, 4) is 11.5 Å². The number of hydrogen-bond acceptors (Lipinski definition) is 8. The minimum Gasteiger partial charge on any atom is -0.490 e. The fourth-order valence-corrected chi connectivity index (χ4v) is 21.0. The average Bonchev–Trinajstić information content (AvgIpc) is 4.00. The topological polar surface area (TPSA) is 140 Å². The van der Waals surface area contributed by atoms with Crippen LogP contribution < -0.4 is 20.1 Å². The summed E-state index contributed by atoms with van der Waals surface area (Å²) in [7, 11) is 0. The van der Waals surface area contributed by atoms with E-state index in [1.807, 2.05) is 60.7 Å². The molecule has 380 valence electrons. The maximum Gasteiger partial charge on any atom is 0.239 e. The van der Waals surface area contributed by atoms with E-state index in [1.165, 1.54) is 11.1 Å². The van der Waals surface area contributed by atoms with Gasteiger partial charge in [0.15, 0.2) is 17.2 Å². The van der Waals surface area contributed by atoms with Gasteiger partial charge >= 0.3 is 0 Å². The highest BCUT2D eigenvalue weighted by atomic mass is 16.6. The lowest BCUT2D eigenvalue weighted by atomic mass is 9.52. The van der Waals surface area contributed by atoms with Gasteiger partial charge in [0, 0.05) is 60.2 Å². The number of amides is 2. The highest BCUT2D eigenvalue weighted by Gasteiger charge is 2.85. The Morgan fingerprint density at radius 3 is 1.68 bits per heavy atom. The molecular weight excluding hydrogens is 901 g/mol. The summed E-state index contributed by atoms with van der Waals surface area (Å²) >= 11 is 0. The number of carbonyl (C=O) groups excluding carboxylic acids is 4. The van der Waals surface area contributed by atoms with E-state index >= 15 is 19.2 Å². The molecule has 8 bridgehead atoms. The maximum atomic E-state index is 17.5. The van der Waals surface area contributed by atoms with Crippen molar-refractivity contribution in [3.05, 3.63) is 108 Å². The largest absolute Gasteiger partial charge is 0.490 e. The van der Waals surface area contributed by atoms with Gasteiger partial charge in [0.1, 0.15) is 46.9 Å². The van der Waals surface area contributed by atoms with Gasteiger partial charge in [-0.25, -0.2) is 0 Å². The molecule has 6 aliphatic carbocycles. The quantitative estimate of drug-likeness (QED) is 0.200. The van der Waals surface area contributed by atoms with E-state index in [-0.39, 0.29) is 71.1 Å². The van der Waals surface area contributed by atoms with Gasteiger partial charge in [-0.05, 0) is 121 Å². The molecule has 2 aromatic rings. The van der Waals surface area contributed by atoms with Crippen LogP contribution in [-0.2, 0) is 36.8 Å². The fraction of sp³-hybridized carbons (Fsp3) is 0.613. The summed E-state index contributed by atoms with van der Waals surface area (Å²) in [5.74, 6) is -5.30. The third kappa shape index (κ3) is 5.86. The minimum atomic E-state index is -2.21. The van der Waals surface area contributed by atoms with E-state index < -0.39 is 88.1 Å². The highest BCUT2D eigenvalue weighted by molar-refractivity contribution is 6.15. The second-order valence-corrected chi connectivity index (χ2v) is 26.4. The molecule has 24 atom stereocenters. The predicted molar refractivity (Wildman–Crippen MR) is 272 cm³/mol. The number of fused-ring (bicyclic) bond motifs is 8. The van der Waals surface area contributed by atoms with Crippen molar-refractivity contribution in [2.24, 2.45) is 111 Å². The smallest absolute Gasteiger partial charge is 0.239 e. The lowest BCUT2D eigenvalue weighted by molar-refractivity contribution is -0.164. The first-order chi connectivity index (χ1) is 34.2. The highest BCUT2D eigenvalue weighted by Crippen LogP contribution is 2.72. The predicted octanol–water partition coefficient (Wildman–Crippen LogP) is 9.02. The molecule has 2 aromatic carbocycles. The van der Waals surface area contributed by atoms with Gasteiger partial charge in [-0.15, -0.1) is 13.2 Å². The summed E-state index contributed by atoms with van der Waals surface area (Å²) in [6, 6.07) is 15.7. The van der Waals surface area contributed by atoms with Crippen molar-refractivity contribution < 1.29 is 38.5 Å². The van der Waals surface area contributed by atoms with Crippen LogP contribution in [0.25, 0.3) is 0 Å². The molecule has 7 aliphatic heterocycles. The van der Waals surface area contributed by atoms with Crippen molar-refractivity contribution in [3.63, 3.8) is 0 Å². The molecular formula is C62H74N2O8. The van der Waals surface area contributed by atoms with Crippen molar-refractivity contribution in [1.29, 1.82) is 0 Å². The Morgan fingerprint density at radius 1 is 0.681 bits per heavy atom. The summed E-state index contributed by atoms with van der Waals surface area (Å²) < 4.78 is 22.1. The Hall–Kier alpha value is -4.80. The molecule has 15 rings (SSSR count). The molecule has 3 N–H and O–H groups in total. The Kier molecular flexibility index (Phi) is 10.0. The molecule has 10 nitrogen and oxygen atoms in total. The van der Waals surface area contributed by atoms with E-state index in [0.717, 1.165) is 31.2 Å². The average molecular weight is 975 g/mol. The fourth-order valence-electron chi connectivity index (χ4n) is 21.0. The van der Waals surface area contributed by atoms with Crippen LogP contribution in [0.5, 0.6) is 11.5 Å². The molecule has 7 heterocycles. The van der Waals surface area contributed by atoms with Crippen LogP contribution in [0, 0.1) is 111 Å². The zero-order chi connectivity index (χ0) is 50.5. The number of allylic oxidation sites excluding steroid dienone is 6. The minimum absolute atomic E-state index is 0.0397. The number of carbonyl (C=O) groups is 4. The Balaban J connectivity index is 1.06. The first-order valence-electron chi connectivity index (χ1n) is 27.5. The lowest BCUT2D eigenvalue weighted by Crippen LogP contribution is -2.59. The summed E-state index contributed by atoms with van der Waals surface area (Å²) in [6.45, 7) is 27.2. The van der Waals surface area contributed by atoms with Crippen LogP contribution in [0.1, 0.15) is 92.2 Å². The lowest BCUT2D eigenvalue weighted by Gasteiger charge is -2.49. The number of ether oxygens (including phenoxy) is 3. The summed E-state index contributed by atoms with van der Waals surface area (Å²) in [5, 5.41) is 19.7. The molecule has 0 spiro atoms. The summed E-state index contributed by atoms with van der Waals surface area (Å²) in [5.41, 5.74) is -2.68. The van der Waals surface area contributed by atoms with Crippen LogP contribution in [0.15, 0.2) is 97.1 Å². The normalized spacial score (nSPS) is 51.2. The molecule has 72 heavy (non-hydrogen) atoms. The third-order valence-corrected chi connectivity index (χ3v) is 22.1. The monoisotopic (exact) mass is 975 g/mol. The Labute approximate surface area is 425 Å². The first-order valence-corrected chi connectivity index (χ1v) is 27.5. The number of hydrogen-bond donors (Lipinski definition) is 3. The number of Topliss-reactive ketones (excluding diaryl/α,β-unsaturated/α-hetero) is 2. The van der Waals surface area contributed by atoms with Gasteiger partial charge in [0.2, 0.25) is 11.8 Å². The van der Waals surface area contributed by atoms with Crippen molar-refractivity contribution in [1.82, 2.24) is 10.6 Å². The summed E-state index contributed by atoms with van der Waals surface area (Å²) in [6.07, 6.45) is 9.73. The van der Waals surface area contributed by atoms with Crippen LogP contribution in [0.3, 0.4) is 0 Å². The van der Waals surface area contributed by atoms with Crippen molar-refractivity contribution >= 4 is 23.4 Å². The van der Waals surface area contributed by atoms with Crippen LogP contribution in [-0.4, -0.2) is 58.2 Å². The molecule has 4 saturated carbocycles. The zero-order valence-electron chi connectivity index (χ0n) is 43.4. The van der Waals surface area contributed by atoms with Crippen LogP contribution in [0.2, 0.25) is 0 Å². The van der Waals surface area contributed by atoms with Gasteiger partial charge in [0.05, 0.1) is 5.92 Å². The molecule has 0 aromatic heterocycles. The molecule has 24 unspecified atom stereocenters. The first kappa shape index (κ1) is 46.9. The zero-order valence-corrected chi connectivity index (χ0v) is 43.4. The maximum absolute atomic E-state index is 17.5. The van der Waals surface area contributed by atoms with Crippen LogP contribution in [0.4, 0.5) is 0 Å². The molecule has 10 heteroatoms. The van der Waals surface area contributed by atoms with E-state index in [0.29, 0.717) is 34.8 Å². The molecule has 13 aliphatic rings. The standard InChI is InChI=1S/C62H74N2O8/c1-11-37-23-33(7)46-43-41(37)50(65)45-53-61(63-55(45)67,28-36-15-19-40(20-16-36)70-51(43)48-31(5)21-29(3)25-58(46,48)9)72-56-60(69)27-35-13-17-39(18-14-35)71-52-44-42(54(66)62(53,56)57(68)64-60)38(12-2)24-34(8)47(44)59(10)26-30(4)22-32(6)49(52)59/h11-20,23-24,29-32,37-38,41-49,51-53,56,69H,1-2,21-22,25-28H2,3-10H3,(H,63,67)(H,64,68). The van der Waals surface area contributed by atoms with Crippen molar-refractivity contribution in [2.75, 3.05) is 0 Å². The van der Waals surface area contributed by atoms with E-state index in [4.69, 9.17) is 14.2 Å². The SMILES string of the molecule is C=CC1C=C(C)C2C3C(Oc4ccc(cc4)CC45NC(=O)C(C(=O)C13)C4C13C(=O)NC(O)(Cc4ccc(cc4)OC4C6C(C1=O)C(C=C)C=C(C)C6C1(C)CC(C)CC(C)C41)C3O5)C1C(C)CC(C)CC21C. The second kappa shape index (κ2) is 15.4. The number of aliphatic hydroxyl groups is 1. The number of ketones is 2. The van der Waals surface area contributed by atoms with E-state index in [1.54, 1.807) is 0 Å². The van der Waals surface area contributed by atoms with Gasteiger partial charge in [-0.2, -0.15) is 0 Å². The van der Waals surface area contributed by atoms with Gasteiger partial charge < -0.3 is 30.0 Å².